The number of aromatic nitrogens is 1. The second-order valence-corrected chi connectivity index (χ2v) is 8.02. The number of aliphatic carboxylic acids is 1. The van der Waals surface area contributed by atoms with E-state index in [0.717, 1.165) is 11.4 Å². The number of methoxy groups -OCH3 is 1. The molecule has 1 fully saturated rings. The third kappa shape index (κ3) is 3.61. The molecule has 7 nitrogen and oxygen atoms in total. The number of carbonyl (C=O) groups is 2. The maximum absolute atomic E-state index is 12.3. The molecule has 3 heterocycles. The van der Waals surface area contributed by atoms with Gasteiger partial charge in [0.2, 0.25) is 5.91 Å². The normalized spacial score (nSPS) is 25.4. The molecule has 0 unspecified atom stereocenters. The van der Waals surface area contributed by atoms with Gasteiger partial charge in [0.15, 0.2) is 18.9 Å². The molecule has 1 aromatic rings. The Kier molecular flexibility index (Phi) is 5.88. The highest BCUT2D eigenvalue weighted by Crippen LogP contribution is 2.47. The van der Waals surface area contributed by atoms with E-state index in [9.17, 15) is 19.8 Å². The first kappa shape index (κ1) is 19.9. The number of pyridine rings is 1. The first-order chi connectivity index (χ1) is 12.9. The van der Waals surface area contributed by atoms with E-state index in [-0.39, 0.29) is 23.6 Å². The van der Waals surface area contributed by atoms with Crippen LogP contribution in [0.25, 0.3) is 0 Å². The Morgan fingerprint density at radius 2 is 2.11 bits per heavy atom. The molecule has 4 atom stereocenters. The van der Waals surface area contributed by atoms with Crippen molar-refractivity contribution >= 4 is 23.6 Å². The number of thioether (sulfide) groups is 1. The zero-order valence-corrected chi connectivity index (χ0v) is 16.4. The molecular weight excluding hydrogens is 368 g/mol. The van der Waals surface area contributed by atoms with Gasteiger partial charge in [-0.15, -0.1) is 11.8 Å². The summed E-state index contributed by atoms with van der Waals surface area (Å²) in [6.07, 6.45) is 3.11. The zero-order chi connectivity index (χ0) is 19.7. The number of ether oxygens (including phenoxy) is 1. The highest BCUT2D eigenvalue weighted by molar-refractivity contribution is 7.99. The third-order valence-corrected chi connectivity index (χ3v) is 6.38. The molecule has 3 rings (SSSR count). The van der Waals surface area contributed by atoms with E-state index in [1.54, 1.807) is 14.0 Å². The molecule has 0 radical (unpaired) electrons. The molecule has 0 aromatic carbocycles. The van der Waals surface area contributed by atoms with Crippen molar-refractivity contribution < 1.29 is 29.1 Å². The number of aliphatic hydroxyl groups excluding tert-OH is 1. The highest BCUT2D eigenvalue weighted by atomic mass is 32.2. The number of amides is 1. The molecule has 0 saturated carbocycles. The van der Waals surface area contributed by atoms with Gasteiger partial charge >= 0.3 is 0 Å². The minimum Gasteiger partial charge on any atom is -0.543 e. The van der Waals surface area contributed by atoms with E-state index in [2.05, 4.69) is 0 Å². The van der Waals surface area contributed by atoms with Crippen molar-refractivity contribution in [3.05, 3.63) is 35.8 Å². The lowest BCUT2D eigenvalue weighted by molar-refractivity contribution is -0.698. The highest BCUT2D eigenvalue weighted by Gasteiger charge is 2.58. The van der Waals surface area contributed by atoms with Gasteiger partial charge < -0.3 is 24.6 Å². The number of β-lactam (4-membered cyclic amide) rings is 1. The van der Waals surface area contributed by atoms with Gasteiger partial charge in [0, 0.05) is 35.8 Å². The lowest BCUT2D eigenvalue weighted by atomic mass is 9.78. The molecule has 1 aromatic heterocycles. The molecule has 2 aliphatic rings. The SMILES string of the molecule is COCC[n+]1ccc(SCC2=C(C(=O)[O-])N3C(=O)[C@H]([C@@H](C)O)[C@H]3[C@H]2C)cc1. The summed E-state index contributed by atoms with van der Waals surface area (Å²) in [4.78, 5) is 26.3. The second kappa shape index (κ2) is 8.00. The molecule has 8 heteroatoms. The van der Waals surface area contributed by atoms with Gasteiger partial charge in [0.1, 0.15) is 6.61 Å². The Balaban J connectivity index is 1.73. The molecule has 2 aliphatic heterocycles. The van der Waals surface area contributed by atoms with Crippen LogP contribution in [0, 0.1) is 11.8 Å². The number of carbonyl (C=O) groups excluding carboxylic acids is 2. The molecule has 27 heavy (non-hydrogen) atoms. The predicted molar refractivity (Wildman–Crippen MR) is 96.2 cm³/mol. The van der Waals surface area contributed by atoms with E-state index < -0.39 is 18.0 Å². The summed E-state index contributed by atoms with van der Waals surface area (Å²) in [7, 11) is 1.66. The number of rotatable bonds is 8. The van der Waals surface area contributed by atoms with Crippen molar-refractivity contribution in [1.82, 2.24) is 4.90 Å². The largest absolute Gasteiger partial charge is 0.543 e. The Bertz CT molecular complexity index is 762. The van der Waals surface area contributed by atoms with Crippen LogP contribution in [0.4, 0.5) is 0 Å². The van der Waals surface area contributed by atoms with Crippen LogP contribution in [0.3, 0.4) is 0 Å². The molecule has 0 spiro atoms. The smallest absolute Gasteiger partial charge is 0.235 e. The Hall–Kier alpha value is -1.90. The summed E-state index contributed by atoms with van der Waals surface area (Å²) in [5.41, 5.74) is 0.672. The minimum atomic E-state index is -1.33. The number of nitrogens with zero attached hydrogens (tertiary/aromatic N) is 2. The summed E-state index contributed by atoms with van der Waals surface area (Å²) >= 11 is 1.52. The summed E-state index contributed by atoms with van der Waals surface area (Å²) in [5.74, 6) is -1.88. The number of hydrogen-bond acceptors (Lipinski definition) is 6. The van der Waals surface area contributed by atoms with Crippen LogP contribution in [-0.2, 0) is 20.9 Å². The van der Waals surface area contributed by atoms with Crippen molar-refractivity contribution in [2.24, 2.45) is 11.8 Å². The first-order valence-electron chi connectivity index (χ1n) is 8.93. The maximum atomic E-state index is 12.3. The van der Waals surface area contributed by atoms with Crippen LogP contribution in [-0.4, -0.2) is 53.5 Å². The van der Waals surface area contributed by atoms with E-state index in [1.165, 1.54) is 16.7 Å². The standard InChI is InChI=1S/C19H24N2O5S/c1-11-14(10-27-13-4-6-20(7-5-13)8-9-26-3)17(19(24)25)21-16(11)15(12(2)22)18(21)23/h4-7,11-12,15-16,22H,8-10H2,1-3H3/t11-,12+,15+,16+/m0/s1. The van der Waals surface area contributed by atoms with Gasteiger partial charge in [-0.25, -0.2) is 4.57 Å². The fraction of sp³-hybridized carbons (Fsp3) is 0.526. The molecule has 1 saturated heterocycles. The summed E-state index contributed by atoms with van der Waals surface area (Å²) < 4.78 is 7.06. The number of fused-ring (bicyclic) bond motifs is 1. The predicted octanol–water partition coefficient (Wildman–Crippen LogP) is -0.426. The van der Waals surface area contributed by atoms with Gasteiger partial charge in [-0.2, -0.15) is 0 Å². The van der Waals surface area contributed by atoms with Gasteiger partial charge in [-0.3, -0.25) is 4.79 Å². The quantitative estimate of drug-likeness (QED) is 0.367. The van der Waals surface area contributed by atoms with E-state index in [1.807, 2.05) is 36.0 Å². The maximum Gasteiger partial charge on any atom is 0.235 e. The van der Waals surface area contributed by atoms with Crippen molar-refractivity contribution in [3.8, 4) is 0 Å². The monoisotopic (exact) mass is 392 g/mol. The summed E-state index contributed by atoms with van der Waals surface area (Å²) in [6.45, 7) is 4.88. The van der Waals surface area contributed by atoms with Crippen LogP contribution < -0.4 is 9.67 Å². The van der Waals surface area contributed by atoms with Gasteiger partial charge in [0.25, 0.3) is 0 Å². The lowest BCUT2D eigenvalue weighted by Gasteiger charge is -2.47. The zero-order valence-electron chi connectivity index (χ0n) is 15.6. The van der Waals surface area contributed by atoms with Crippen LogP contribution >= 0.6 is 11.8 Å². The van der Waals surface area contributed by atoms with E-state index in [0.29, 0.717) is 17.9 Å². The fourth-order valence-electron chi connectivity index (χ4n) is 3.87. The van der Waals surface area contributed by atoms with Crippen LogP contribution in [0.1, 0.15) is 13.8 Å². The molecule has 146 valence electrons. The third-order valence-electron chi connectivity index (χ3n) is 5.32. The summed E-state index contributed by atoms with van der Waals surface area (Å²) in [6, 6.07) is 3.64. The summed E-state index contributed by atoms with van der Waals surface area (Å²) in [5, 5.41) is 21.5. The van der Waals surface area contributed by atoms with Gasteiger partial charge in [-0.05, 0) is 12.5 Å². The molecule has 0 aliphatic carbocycles. The van der Waals surface area contributed by atoms with Crippen LogP contribution in [0.2, 0.25) is 0 Å². The molecule has 1 amide bonds. The van der Waals surface area contributed by atoms with Gasteiger partial charge in [0.05, 0.1) is 29.7 Å². The minimum absolute atomic E-state index is 0.0204. The Labute approximate surface area is 162 Å². The average molecular weight is 392 g/mol. The van der Waals surface area contributed by atoms with Crippen molar-refractivity contribution in [2.45, 2.75) is 37.4 Å². The average Bonchev–Trinajstić information content (AvgIpc) is 2.87. The van der Waals surface area contributed by atoms with Crippen LogP contribution in [0.5, 0.6) is 0 Å². The molecular formula is C19H24N2O5S. The Morgan fingerprint density at radius 3 is 2.67 bits per heavy atom. The second-order valence-electron chi connectivity index (χ2n) is 6.97. The van der Waals surface area contributed by atoms with E-state index in [4.69, 9.17) is 4.74 Å². The number of hydrogen-bond donors (Lipinski definition) is 1. The lowest BCUT2D eigenvalue weighted by Crippen LogP contribution is -2.64. The number of carboxylic acid groups (broad SMARTS) is 1. The van der Waals surface area contributed by atoms with Crippen molar-refractivity contribution in [2.75, 3.05) is 19.5 Å². The van der Waals surface area contributed by atoms with Crippen molar-refractivity contribution in [3.63, 3.8) is 0 Å². The molecule has 0 bridgehead atoms. The Morgan fingerprint density at radius 1 is 1.44 bits per heavy atom. The van der Waals surface area contributed by atoms with Crippen molar-refractivity contribution in [1.29, 1.82) is 0 Å². The van der Waals surface area contributed by atoms with E-state index >= 15 is 0 Å². The number of carboxylic acids is 1. The van der Waals surface area contributed by atoms with Crippen LogP contribution in [0.15, 0.2) is 40.7 Å². The fourth-order valence-corrected chi connectivity index (χ4v) is 4.91. The first-order valence-corrected chi connectivity index (χ1v) is 9.91. The molecule has 1 N–H and O–H groups in total. The number of aliphatic hydroxyl groups is 1. The van der Waals surface area contributed by atoms with Gasteiger partial charge in [-0.1, -0.05) is 6.92 Å². The topological polar surface area (TPSA) is 93.8 Å².